The smallest absolute Gasteiger partial charge is 0.227 e. The van der Waals surface area contributed by atoms with Crippen LogP contribution in [0.1, 0.15) is 18.4 Å². The molecular formula is C20H25N3O3. The zero-order valence-corrected chi connectivity index (χ0v) is 14.9. The van der Waals surface area contributed by atoms with E-state index < -0.39 is 0 Å². The van der Waals surface area contributed by atoms with Crippen molar-refractivity contribution in [3.05, 3.63) is 36.0 Å². The summed E-state index contributed by atoms with van der Waals surface area (Å²) >= 11 is 0. The number of fused-ring (bicyclic) bond motifs is 1. The summed E-state index contributed by atoms with van der Waals surface area (Å²) < 4.78 is 5.34. The highest BCUT2D eigenvalue weighted by Crippen LogP contribution is 2.21. The Morgan fingerprint density at radius 3 is 2.50 bits per heavy atom. The normalized spacial score (nSPS) is 19.1. The maximum absolute atomic E-state index is 12.7. The molecule has 2 aliphatic rings. The van der Waals surface area contributed by atoms with E-state index in [1.165, 1.54) is 0 Å². The largest absolute Gasteiger partial charge is 0.381 e. The third-order valence-electron chi connectivity index (χ3n) is 5.53. The van der Waals surface area contributed by atoms with Gasteiger partial charge < -0.3 is 19.5 Å². The second kappa shape index (κ2) is 7.50. The Bertz CT molecular complexity index is 786. The van der Waals surface area contributed by atoms with Crippen LogP contribution in [0.5, 0.6) is 0 Å². The van der Waals surface area contributed by atoms with Crippen molar-refractivity contribution in [2.24, 2.45) is 5.92 Å². The number of benzene rings is 1. The van der Waals surface area contributed by atoms with E-state index in [1.807, 2.05) is 40.3 Å². The molecule has 0 atom stereocenters. The first-order valence-corrected chi connectivity index (χ1v) is 9.41. The second-order valence-electron chi connectivity index (χ2n) is 7.13. The lowest BCUT2D eigenvalue weighted by Gasteiger charge is -2.37. The van der Waals surface area contributed by atoms with Crippen LogP contribution in [-0.4, -0.2) is 66.0 Å². The molecule has 2 fully saturated rings. The molecule has 2 aliphatic heterocycles. The van der Waals surface area contributed by atoms with E-state index in [-0.39, 0.29) is 17.7 Å². The highest BCUT2D eigenvalue weighted by Gasteiger charge is 2.30. The molecule has 4 rings (SSSR count). The second-order valence-corrected chi connectivity index (χ2v) is 7.13. The molecule has 1 N–H and O–H groups in total. The maximum Gasteiger partial charge on any atom is 0.227 e. The molecule has 6 nitrogen and oxygen atoms in total. The first kappa shape index (κ1) is 17.1. The topological polar surface area (TPSA) is 65.6 Å². The molecule has 1 aromatic carbocycles. The summed E-state index contributed by atoms with van der Waals surface area (Å²) in [6.07, 6.45) is 3.96. The lowest BCUT2D eigenvalue weighted by molar-refractivity contribution is -0.144. The molecule has 138 valence electrons. The molecule has 0 aliphatic carbocycles. The highest BCUT2D eigenvalue weighted by atomic mass is 16.5. The quantitative estimate of drug-likeness (QED) is 0.913. The fraction of sp³-hybridized carbons (Fsp3) is 0.500. The number of piperazine rings is 1. The molecule has 2 saturated heterocycles. The average molecular weight is 355 g/mol. The van der Waals surface area contributed by atoms with Gasteiger partial charge in [-0.05, 0) is 24.5 Å². The fourth-order valence-corrected chi connectivity index (χ4v) is 3.93. The van der Waals surface area contributed by atoms with E-state index >= 15 is 0 Å². The third-order valence-corrected chi connectivity index (χ3v) is 5.53. The third kappa shape index (κ3) is 3.46. The number of hydrogen-bond donors (Lipinski definition) is 1. The Balaban J connectivity index is 1.32. The number of para-hydroxylation sites is 1. The number of H-pyrrole nitrogens is 1. The molecule has 2 aromatic rings. The van der Waals surface area contributed by atoms with E-state index in [1.54, 1.807) is 0 Å². The van der Waals surface area contributed by atoms with Crippen molar-refractivity contribution in [1.29, 1.82) is 0 Å². The van der Waals surface area contributed by atoms with Crippen LogP contribution in [0.15, 0.2) is 30.5 Å². The summed E-state index contributed by atoms with van der Waals surface area (Å²) in [6, 6.07) is 8.03. The van der Waals surface area contributed by atoms with Gasteiger partial charge in [-0.3, -0.25) is 9.59 Å². The monoisotopic (exact) mass is 355 g/mol. The lowest BCUT2D eigenvalue weighted by atomic mass is 9.98. The van der Waals surface area contributed by atoms with Crippen LogP contribution in [-0.2, 0) is 20.7 Å². The van der Waals surface area contributed by atoms with Gasteiger partial charge in [0, 0.05) is 62.4 Å². The number of ether oxygens (including phenoxy) is 1. The SMILES string of the molecule is O=C(Cc1c[nH]c2ccccc12)N1CCN(C(=O)C2CCOCC2)CC1. The Morgan fingerprint density at radius 1 is 1.04 bits per heavy atom. The Labute approximate surface area is 153 Å². The van der Waals surface area contributed by atoms with Gasteiger partial charge in [0.15, 0.2) is 0 Å². The van der Waals surface area contributed by atoms with E-state index in [9.17, 15) is 9.59 Å². The fourth-order valence-electron chi connectivity index (χ4n) is 3.93. The van der Waals surface area contributed by atoms with E-state index in [4.69, 9.17) is 4.74 Å². The first-order valence-electron chi connectivity index (χ1n) is 9.41. The van der Waals surface area contributed by atoms with Crippen LogP contribution in [0.4, 0.5) is 0 Å². The minimum Gasteiger partial charge on any atom is -0.381 e. The predicted octanol–water partition coefficient (Wildman–Crippen LogP) is 1.81. The predicted molar refractivity (Wildman–Crippen MR) is 98.7 cm³/mol. The van der Waals surface area contributed by atoms with Gasteiger partial charge >= 0.3 is 0 Å². The number of carbonyl (C=O) groups is 2. The van der Waals surface area contributed by atoms with Crippen LogP contribution < -0.4 is 0 Å². The molecule has 0 spiro atoms. The van der Waals surface area contributed by atoms with Gasteiger partial charge in [-0.1, -0.05) is 18.2 Å². The maximum atomic E-state index is 12.7. The van der Waals surface area contributed by atoms with Gasteiger partial charge in [0.1, 0.15) is 0 Å². The van der Waals surface area contributed by atoms with Crippen molar-refractivity contribution in [2.75, 3.05) is 39.4 Å². The Kier molecular flexibility index (Phi) is 4.93. The molecule has 6 heteroatoms. The zero-order valence-electron chi connectivity index (χ0n) is 14.9. The molecule has 0 radical (unpaired) electrons. The molecule has 1 aromatic heterocycles. The van der Waals surface area contributed by atoms with Gasteiger partial charge in [-0.25, -0.2) is 0 Å². The summed E-state index contributed by atoms with van der Waals surface area (Å²) in [5, 5.41) is 1.11. The molecule has 26 heavy (non-hydrogen) atoms. The number of nitrogens with zero attached hydrogens (tertiary/aromatic N) is 2. The van der Waals surface area contributed by atoms with E-state index in [2.05, 4.69) is 4.98 Å². The minimum atomic E-state index is 0.0946. The summed E-state index contributed by atoms with van der Waals surface area (Å²) in [7, 11) is 0. The number of rotatable bonds is 3. The standard InChI is InChI=1S/C20H25N3O3/c24-19(13-16-14-21-18-4-2-1-3-17(16)18)22-7-9-23(10-8-22)20(25)15-5-11-26-12-6-15/h1-4,14-15,21H,5-13H2. The number of carbonyl (C=O) groups excluding carboxylic acids is 2. The van der Waals surface area contributed by atoms with E-state index in [0.29, 0.717) is 45.8 Å². The molecule has 3 heterocycles. The minimum absolute atomic E-state index is 0.0946. The van der Waals surface area contributed by atoms with Gasteiger partial charge in [-0.2, -0.15) is 0 Å². The molecule has 0 bridgehead atoms. The number of aromatic nitrogens is 1. The number of amides is 2. The van der Waals surface area contributed by atoms with Crippen molar-refractivity contribution in [3.63, 3.8) is 0 Å². The van der Waals surface area contributed by atoms with Crippen LogP contribution in [0.25, 0.3) is 10.9 Å². The Hall–Kier alpha value is -2.34. The van der Waals surface area contributed by atoms with Gasteiger partial charge in [0.25, 0.3) is 0 Å². The van der Waals surface area contributed by atoms with Gasteiger partial charge in [0.2, 0.25) is 11.8 Å². The van der Waals surface area contributed by atoms with Crippen LogP contribution in [0.3, 0.4) is 0 Å². The summed E-state index contributed by atoms with van der Waals surface area (Å²) in [4.78, 5) is 32.3. The molecule has 0 saturated carbocycles. The van der Waals surface area contributed by atoms with Gasteiger partial charge in [0.05, 0.1) is 6.42 Å². The average Bonchev–Trinajstić information content (AvgIpc) is 3.11. The van der Waals surface area contributed by atoms with Crippen molar-refractivity contribution in [1.82, 2.24) is 14.8 Å². The number of nitrogens with one attached hydrogen (secondary N) is 1. The summed E-state index contributed by atoms with van der Waals surface area (Å²) in [5.74, 6) is 0.460. The number of aromatic amines is 1. The summed E-state index contributed by atoms with van der Waals surface area (Å²) in [5.41, 5.74) is 2.09. The molecular weight excluding hydrogens is 330 g/mol. The van der Waals surface area contributed by atoms with Crippen molar-refractivity contribution < 1.29 is 14.3 Å². The van der Waals surface area contributed by atoms with Crippen LogP contribution >= 0.6 is 0 Å². The number of hydrogen-bond acceptors (Lipinski definition) is 3. The molecule has 0 unspecified atom stereocenters. The highest BCUT2D eigenvalue weighted by molar-refractivity contribution is 5.89. The zero-order chi connectivity index (χ0) is 17.9. The lowest BCUT2D eigenvalue weighted by Crippen LogP contribution is -2.52. The van der Waals surface area contributed by atoms with Gasteiger partial charge in [-0.15, -0.1) is 0 Å². The van der Waals surface area contributed by atoms with Crippen molar-refractivity contribution in [2.45, 2.75) is 19.3 Å². The van der Waals surface area contributed by atoms with Crippen LogP contribution in [0, 0.1) is 5.92 Å². The molecule has 2 amide bonds. The van der Waals surface area contributed by atoms with Crippen molar-refractivity contribution in [3.8, 4) is 0 Å². The first-order chi connectivity index (χ1) is 12.7. The Morgan fingerprint density at radius 2 is 1.73 bits per heavy atom. The van der Waals surface area contributed by atoms with Crippen molar-refractivity contribution >= 4 is 22.7 Å². The van der Waals surface area contributed by atoms with Crippen LogP contribution in [0.2, 0.25) is 0 Å². The van der Waals surface area contributed by atoms with E-state index in [0.717, 1.165) is 29.3 Å². The summed E-state index contributed by atoms with van der Waals surface area (Å²) in [6.45, 7) is 3.87.